The van der Waals surface area contributed by atoms with Gasteiger partial charge in [0.15, 0.2) is 6.61 Å². The normalized spacial score (nSPS) is 16.9. The van der Waals surface area contributed by atoms with Crippen LogP contribution in [0.15, 0.2) is 36.4 Å². The summed E-state index contributed by atoms with van der Waals surface area (Å²) < 4.78 is 10.4. The van der Waals surface area contributed by atoms with Crippen LogP contribution in [0.3, 0.4) is 0 Å². The second-order valence-electron chi connectivity index (χ2n) is 6.77. The van der Waals surface area contributed by atoms with Crippen molar-refractivity contribution in [2.45, 2.75) is 38.3 Å². The number of hydrogen-bond donors (Lipinski definition) is 2. The van der Waals surface area contributed by atoms with Crippen LogP contribution < -0.4 is 10.1 Å². The van der Waals surface area contributed by atoms with E-state index in [4.69, 9.17) is 21.1 Å². The van der Waals surface area contributed by atoms with Gasteiger partial charge in [-0.25, -0.2) is 9.78 Å². The second kappa shape index (κ2) is 9.87. The summed E-state index contributed by atoms with van der Waals surface area (Å²) in [5, 5.41) is 14.1. The number of halogens is 1. The van der Waals surface area contributed by atoms with Crippen molar-refractivity contribution in [1.82, 2.24) is 10.3 Å². The maximum Gasteiger partial charge on any atom is 0.344 e. The number of aryl methyl sites for hydroxylation is 1. The van der Waals surface area contributed by atoms with Crippen molar-refractivity contribution in [3.63, 3.8) is 0 Å². The van der Waals surface area contributed by atoms with Gasteiger partial charge in [-0.1, -0.05) is 23.7 Å². The van der Waals surface area contributed by atoms with Crippen molar-refractivity contribution in [3.05, 3.63) is 58.4 Å². The lowest BCUT2D eigenvalue weighted by molar-refractivity contribution is -0.145. The highest BCUT2D eigenvalue weighted by Gasteiger charge is 2.20. The maximum atomic E-state index is 11.4. The summed E-state index contributed by atoms with van der Waals surface area (Å²) in [7, 11) is 0. The fourth-order valence-electron chi connectivity index (χ4n) is 3.33. The molecule has 1 aromatic heterocycles. The van der Waals surface area contributed by atoms with E-state index in [0.29, 0.717) is 29.7 Å². The molecule has 7 heteroatoms. The summed E-state index contributed by atoms with van der Waals surface area (Å²) >= 11 is 5.89. The molecular formula is C21H25ClN2O4. The molecule has 1 heterocycles. The highest BCUT2D eigenvalue weighted by Crippen LogP contribution is 2.26. The van der Waals surface area contributed by atoms with E-state index in [1.54, 1.807) is 25.1 Å². The van der Waals surface area contributed by atoms with E-state index in [0.717, 1.165) is 19.3 Å². The van der Waals surface area contributed by atoms with Crippen LogP contribution in [0.5, 0.6) is 5.75 Å². The minimum absolute atomic E-state index is 0.0901. The van der Waals surface area contributed by atoms with Crippen molar-refractivity contribution < 1.29 is 19.4 Å². The Bertz CT molecular complexity index is 815. The molecule has 28 heavy (non-hydrogen) atoms. The number of nitrogens with one attached hydrogen (secondary N) is 1. The van der Waals surface area contributed by atoms with Crippen molar-refractivity contribution >= 4 is 17.6 Å². The van der Waals surface area contributed by atoms with Crippen LogP contribution >= 0.6 is 11.6 Å². The Labute approximate surface area is 169 Å². The third-order valence-corrected chi connectivity index (χ3v) is 4.96. The van der Waals surface area contributed by atoms with E-state index < -0.39 is 6.10 Å². The molecule has 6 nitrogen and oxygen atoms in total. The number of hydrogen-bond acceptors (Lipinski definition) is 6. The molecule has 0 spiro atoms. The van der Waals surface area contributed by atoms with Crippen molar-refractivity contribution in [2.75, 3.05) is 19.8 Å². The van der Waals surface area contributed by atoms with Crippen LogP contribution in [-0.2, 0) is 22.4 Å². The molecule has 1 aliphatic carbocycles. The van der Waals surface area contributed by atoms with Crippen LogP contribution in [0.2, 0.25) is 5.15 Å². The number of esters is 1. The highest BCUT2D eigenvalue weighted by atomic mass is 35.5. The smallest absolute Gasteiger partial charge is 0.344 e. The lowest BCUT2D eigenvalue weighted by Crippen LogP contribution is -2.37. The van der Waals surface area contributed by atoms with Crippen LogP contribution in [0.25, 0.3) is 0 Å². The van der Waals surface area contributed by atoms with E-state index in [9.17, 15) is 9.90 Å². The van der Waals surface area contributed by atoms with Crippen LogP contribution in [0.4, 0.5) is 0 Å². The van der Waals surface area contributed by atoms with Gasteiger partial charge >= 0.3 is 5.97 Å². The molecule has 2 aromatic rings. The molecule has 1 aliphatic rings. The largest absolute Gasteiger partial charge is 0.482 e. The average Bonchev–Trinajstić information content (AvgIpc) is 2.70. The molecule has 0 radical (unpaired) electrons. The standard InChI is InChI=1S/C21H25ClN2O4/c1-2-27-21(26)13-28-17-9-7-14-6-8-16(10-15(14)11-17)23-12-19(25)18-4-3-5-20(22)24-18/h3-5,7,9,11,16,19,23,25H,2,6,8,10,12-13H2,1H3/t16-,19?/m0/s1. The molecule has 1 unspecified atom stereocenters. The zero-order valence-electron chi connectivity index (χ0n) is 15.9. The number of rotatable bonds is 8. The molecule has 150 valence electrons. The Morgan fingerprint density at radius 1 is 1.36 bits per heavy atom. The third kappa shape index (κ3) is 5.67. The summed E-state index contributed by atoms with van der Waals surface area (Å²) in [5.41, 5.74) is 3.05. The molecule has 2 atom stereocenters. The fraction of sp³-hybridized carbons (Fsp3) is 0.429. The zero-order valence-corrected chi connectivity index (χ0v) is 16.6. The Kier molecular flexibility index (Phi) is 7.25. The van der Waals surface area contributed by atoms with Crippen molar-refractivity contribution in [2.24, 2.45) is 0 Å². The summed E-state index contributed by atoms with van der Waals surface area (Å²) in [4.78, 5) is 15.6. The fourth-order valence-corrected chi connectivity index (χ4v) is 3.51. The molecular weight excluding hydrogens is 380 g/mol. The van der Waals surface area contributed by atoms with E-state index in [-0.39, 0.29) is 18.6 Å². The Morgan fingerprint density at radius 3 is 3.00 bits per heavy atom. The SMILES string of the molecule is CCOC(=O)COc1ccc2c(c1)C[C@@H](NCC(O)c1cccc(Cl)n1)CC2. The zero-order chi connectivity index (χ0) is 19.9. The first kappa shape index (κ1) is 20.6. The van der Waals surface area contributed by atoms with E-state index in [1.165, 1.54) is 11.1 Å². The minimum Gasteiger partial charge on any atom is -0.482 e. The van der Waals surface area contributed by atoms with Gasteiger partial charge in [-0.05, 0) is 61.6 Å². The minimum atomic E-state index is -0.709. The Hall–Kier alpha value is -2.15. The molecule has 0 aliphatic heterocycles. The Balaban J connectivity index is 1.54. The van der Waals surface area contributed by atoms with Gasteiger partial charge in [0, 0.05) is 12.6 Å². The number of aliphatic hydroxyl groups is 1. The van der Waals surface area contributed by atoms with E-state index in [2.05, 4.69) is 16.4 Å². The summed E-state index contributed by atoms with van der Waals surface area (Å²) in [6, 6.07) is 11.4. The Morgan fingerprint density at radius 2 is 2.21 bits per heavy atom. The van der Waals surface area contributed by atoms with Gasteiger partial charge in [0.25, 0.3) is 0 Å². The van der Waals surface area contributed by atoms with Gasteiger partial charge in [0.05, 0.1) is 12.3 Å². The molecule has 0 bridgehead atoms. The lowest BCUT2D eigenvalue weighted by Gasteiger charge is -2.27. The van der Waals surface area contributed by atoms with Crippen molar-refractivity contribution in [3.8, 4) is 5.75 Å². The van der Waals surface area contributed by atoms with Gasteiger partial charge in [-0.2, -0.15) is 0 Å². The van der Waals surface area contributed by atoms with Crippen LogP contribution in [0, 0.1) is 0 Å². The molecule has 1 aromatic carbocycles. The first-order chi connectivity index (χ1) is 13.5. The maximum absolute atomic E-state index is 11.4. The molecule has 0 fully saturated rings. The number of nitrogens with zero attached hydrogens (tertiary/aromatic N) is 1. The predicted molar refractivity (Wildman–Crippen MR) is 107 cm³/mol. The van der Waals surface area contributed by atoms with Gasteiger partial charge in [-0.3, -0.25) is 0 Å². The van der Waals surface area contributed by atoms with E-state index in [1.807, 2.05) is 12.1 Å². The number of aliphatic hydroxyl groups excluding tert-OH is 1. The highest BCUT2D eigenvalue weighted by molar-refractivity contribution is 6.29. The van der Waals surface area contributed by atoms with E-state index >= 15 is 0 Å². The summed E-state index contributed by atoms with van der Waals surface area (Å²) in [6.07, 6.45) is 2.07. The first-order valence-corrected chi connectivity index (χ1v) is 9.87. The number of pyridine rings is 1. The van der Waals surface area contributed by atoms with Gasteiger partial charge < -0.3 is 19.9 Å². The van der Waals surface area contributed by atoms with Gasteiger partial charge in [-0.15, -0.1) is 0 Å². The summed E-state index contributed by atoms with van der Waals surface area (Å²) in [5.74, 6) is 0.291. The van der Waals surface area contributed by atoms with Crippen molar-refractivity contribution in [1.29, 1.82) is 0 Å². The number of benzene rings is 1. The molecule has 3 rings (SSSR count). The number of fused-ring (bicyclic) bond motifs is 1. The second-order valence-corrected chi connectivity index (χ2v) is 7.16. The molecule has 0 amide bonds. The molecule has 0 saturated carbocycles. The number of aromatic nitrogens is 1. The van der Waals surface area contributed by atoms with Gasteiger partial charge in [0.2, 0.25) is 0 Å². The van der Waals surface area contributed by atoms with Crippen LogP contribution in [0.1, 0.15) is 36.3 Å². The number of carbonyl (C=O) groups is 1. The third-order valence-electron chi connectivity index (χ3n) is 4.75. The first-order valence-electron chi connectivity index (χ1n) is 9.49. The topological polar surface area (TPSA) is 80.7 Å². The average molecular weight is 405 g/mol. The summed E-state index contributed by atoms with van der Waals surface area (Å²) in [6.45, 7) is 2.43. The number of ether oxygens (including phenoxy) is 2. The number of carbonyl (C=O) groups excluding carboxylic acids is 1. The van der Waals surface area contributed by atoms with Crippen LogP contribution in [-0.4, -0.2) is 41.9 Å². The molecule has 2 N–H and O–H groups in total. The monoisotopic (exact) mass is 404 g/mol. The lowest BCUT2D eigenvalue weighted by atomic mass is 9.88. The molecule has 0 saturated heterocycles. The van der Waals surface area contributed by atoms with Gasteiger partial charge in [0.1, 0.15) is 17.0 Å². The predicted octanol–water partition coefficient (Wildman–Crippen LogP) is 2.86. The quantitative estimate of drug-likeness (QED) is 0.520.